The highest BCUT2D eigenvalue weighted by Gasteiger charge is 2.12. The molecule has 5 nitrogen and oxygen atoms in total. The number of benzene rings is 3. The maximum Gasteiger partial charge on any atom is 0.259 e. The summed E-state index contributed by atoms with van der Waals surface area (Å²) in [5.74, 6) is 0.331. The van der Waals surface area contributed by atoms with Crippen LogP contribution < -0.4 is 15.4 Å². The summed E-state index contributed by atoms with van der Waals surface area (Å²) in [7, 11) is 0. The van der Waals surface area contributed by atoms with Crippen LogP contribution in [0.4, 0.5) is 17.1 Å². The Morgan fingerprint density at radius 1 is 0.786 bits per heavy atom. The lowest BCUT2D eigenvalue weighted by atomic mass is 10.1. The topological polar surface area (TPSA) is 59.6 Å². The van der Waals surface area contributed by atoms with E-state index in [9.17, 15) is 4.79 Å². The van der Waals surface area contributed by atoms with Gasteiger partial charge in [-0.15, -0.1) is 0 Å². The molecule has 0 radical (unpaired) electrons. The fourth-order valence-electron chi connectivity index (χ4n) is 2.66. The van der Waals surface area contributed by atoms with Crippen LogP contribution >= 0.6 is 0 Å². The molecule has 0 heterocycles. The number of hydrogen-bond donors (Lipinski definition) is 2. The highest BCUT2D eigenvalue weighted by atomic mass is 16.5. The number of para-hydroxylation sites is 2. The number of ether oxygens (including phenoxy) is 2. The lowest BCUT2D eigenvalue weighted by molar-refractivity contribution is 0.0998. The summed E-state index contributed by atoms with van der Waals surface area (Å²) < 4.78 is 11.0. The molecular formula is C23H24N2O3. The summed E-state index contributed by atoms with van der Waals surface area (Å²) in [5.41, 5.74) is 3.17. The molecule has 0 aromatic heterocycles. The Morgan fingerprint density at radius 2 is 1.43 bits per heavy atom. The van der Waals surface area contributed by atoms with E-state index in [-0.39, 0.29) is 5.91 Å². The standard InChI is InChI=1S/C23H24N2O3/c1-2-27-16-17-28-22-11-7-6-10-21(22)23(26)25-20-14-12-19(13-15-20)24-18-8-4-3-5-9-18/h3-15,24H,2,16-17H2,1H3,(H,25,26). The van der Waals surface area contributed by atoms with E-state index in [2.05, 4.69) is 10.6 Å². The average Bonchev–Trinajstić information content (AvgIpc) is 2.74. The number of carbonyl (C=O) groups is 1. The van der Waals surface area contributed by atoms with E-state index < -0.39 is 0 Å². The van der Waals surface area contributed by atoms with Crippen LogP contribution in [0.15, 0.2) is 78.9 Å². The molecule has 5 heteroatoms. The second-order valence-corrected chi connectivity index (χ2v) is 6.06. The monoisotopic (exact) mass is 376 g/mol. The second kappa shape index (κ2) is 10.1. The lowest BCUT2D eigenvalue weighted by Crippen LogP contribution is -2.15. The van der Waals surface area contributed by atoms with Crippen molar-refractivity contribution in [3.8, 4) is 5.75 Å². The Balaban J connectivity index is 1.61. The summed E-state index contributed by atoms with van der Waals surface area (Å²) in [5, 5.41) is 6.23. The third-order valence-electron chi connectivity index (χ3n) is 4.03. The van der Waals surface area contributed by atoms with Crippen LogP contribution in [0.5, 0.6) is 5.75 Å². The van der Waals surface area contributed by atoms with Gasteiger partial charge in [-0.3, -0.25) is 4.79 Å². The molecule has 3 aromatic carbocycles. The summed E-state index contributed by atoms with van der Waals surface area (Å²) in [6, 6.07) is 24.7. The van der Waals surface area contributed by atoms with Crippen molar-refractivity contribution in [3.05, 3.63) is 84.4 Å². The number of hydrogen-bond acceptors (Lipinski definition) is 4. The molecule has 28 heavy (non-hydrogen) atoms. The van der Waals surface area contributed by atoms with Gasteiger partial charge >= 0.3 is 0 Å². The molecule has 2 N–H and O–H groups in total. The van der Waals surface area contributed by atoms with Gasteiger partial charge in [0.25, 0.3) is 5.91 Å². The van der Waals surface area contributed by atoms with E-state index in [0.717, 1.165) is 11.4 Å². The van der Waals surface area contributed by atoms with Crippen molar-refractivity contribution < 1.29 is 14.3 Å². The van der Waals surface area contributed by atoms with Crippen molar-refractivity contribution >= 4 is 23.0 Å². The van der Waals surface area contributed by atoms with Gasteiger partial charge in [0.15, 0.2) is 0 Å². The quantitative estimate of drug-likeness (QED) is 0.510. The number of carbonyl (C=O) groups excluding carboxylic acids is 1. The molecule has 0 aliphatic rings. The Morgan fingerprint density at radius 3 is 2.18 bits per heavy atom. The molecule has 0 saturated heterocycles. The molecule has 0 unspecified atom stereocenters. The van der Waals surface area contributed by atoms with Crippen LogP contribution in [0.2, 0.25) is 0 Å². The van der Waals surface area contributed by atoms with Gasteiger partial charge in [-0.05, 0) is 55.5 Å². The van der Waals surface area contributed by atoms with Crippen LogP contribution in [0.3, 0.4) is 0 Å². The van der Waals surface area contributed by atoms with Gasteiger partial charge in [0.05, 0.1) is 12.2 Å². The fraction of sp³-hybridized carbons (Fsp3) is 0.174. The fourth-order valence-corrected chi connectivity index (χ4v) is 2.66. The first kappa shape index (κ1) is 19.5. The van der Waals surface area contributed by atoms with Crippen LogP contribution in [-0.2, 0) is 4.74 Å². The van der Waals surface area contributed by atoms with Crippen molar-refractivity contribution in [3.63, 3.8) is 0 Å². The highest BCUT2D eigenvalue weighted by molar-refractivity contribution is 6.06. The largest absolute Gasteiger partial charge is 0.490 e. The molecule has 0 aliphatic heterocycles. The summed E-state index contributed by atoms with van der Waals surface area (Å²) >= 11 is 0. The third-order valence-corrected chi connectivity index (χ3v) is 4.03. The molecule has 0 fully saturated rings. The van der Waals surface area contributed by atoms with Crippen LogP contribution in [0.25, 0.3) is 0 Å². The van der Waals surface area contributed by atoms with Crippen molar-refractivity contribution in [1.29, 1.82) is 0 Å². The van der Waals surface area contributed by atoms with E-state index in [1.807, 2.05) is 73.7 Å². The lowest BCUT2D eigenvalue weighted by Gasteiger charge is -2.12. The van der Waals surface area contributed by atoms with E-state index >= 15 is 0 Å². The van der Waals surface area contributed by atoms with E-state index in [1.165, 1.54) is 0 Å². The van der Waals surface area contributed by atoms with Gasteiger partial charge in [0, 0.05) is 23.7 Å². The molecular weight excluding hydrogens is 352 g/mol. The molecule has 1 amide bonds. The molecule has 144 valence electrons. The van der Waals surface area contributed by atoms with E-state index in [4.69, 9.17) is 9.47 Å². The number of rotatable bonds is 9. The molecule has 0 saturated carbocycles. The van der Waals surface area contributed by atoms with Gasteiger partial charge in [0.1, 0.15) is 12.4 Å². The first-order valence-corrected chi connectivity index (χ1v) is 9.29. The minimum Gasteiger partial charge on any atom is -0.490 e. The zero-order valence-electron chi connectivity index (χ0n) is 15.9. The minimum atomic E-state index is -0.212. The third kappa shape index (κ3) is 5.59. The molecule has 0 spiro atoms. The normalized spacial score (nSPS) is 10.3. The minimum absolute atomic E-state index is 0.212. The van der Waals surface area contributed by atoms with E-state index in [1.54, 1.807) is 12.1 Å². The van der Waals surface area contributed by atoms with Gasteiger partial charge in [-0.1, -0.05) is 30.3 Å². The second-order valence-electron chi connectivity index (χ2n) is 6.06. The average molecular weight is 376 g/mol. The molecule has 0 aliphatic carbocycles. The van der Waals surface area contributed by atoms with Gasteiger partial charge < -0.3 is 20.1 Å². The Bertz CT molecular complexity index is 880. The zero-order valence-corrected chi connectivity index (χ0v) is 15.9. The first-order chi connectivity index (χ1) is 13.8. The summed E-state index contributed by atoms with van der Waals surface area (Å²) in [6.45, 7) is 3.46. The Hall–Kier alpha value is -3.31. The first-order valence-electron chi connectivity index (χ1n) is 9.29. The molecule has 0 bridgehead atoms. The van der Waals surface area contributed by atoms with Crippen LogP contribution in [0, 0.1) is 0 Å². The van der Waals surface area contributed by atoms with Gasteiger partial charge in [0.2, 0.25) is 0 Å². The van der Waals surface area contributed by atoms with Gasteiger partial charge in [-0.25, -0.2) is 0 Å². The molecule has 3 aromatic rings. The van der Waals surface area contributed by atoms with Crippen molar-refractivity contribution in [2.75, 3.05) is 30.5 Å². The Kier molecular flexibility index (Phi) is 7.04. The number of anilines is 3. The van der Waals surface area contributed by atoms with Crippen molar-refractivity contribution in [1.82, 2.24) is 0 Å². The van der Waals surface area contributed by atoms with Crippen LogP contribution in [0.1, 0.15) is 17.3 Å². The van der Waals surface area contributed by atoms with E-state index in [0.29, 0.717) is 36.8 Å². The van der Waals surface area contributed by atoms with Crippen LogP contribution in [-0.4, -0.2) is 25.7 Å². The van der Waals surface area contributed by atoms with Gasteiger partial charge in [-0.2, -0.15) is 0 Å². The summed E-state index contributed by atoms with van der Waals surface area (Å²) in [6.07, 6.45) is 0. The summed E-state index contributed by atoms with van der Waals surface area (Å²) in [4.78, 5) is 12.7. The smallest absolute Gasteiger partial charge is 0.259 e. The number of amides is 1. The maximum atomic E-state index is 12.7. The predicted molar refractivity (Wildman–Crippen MR) is 113 cm³/mol. The predicted octanol–water partition coefficient (Wildman–Crippen LogP) is 5.10. The highest BCUT2D eigenvalue weighted by Crippen LogP contribution is 2.22. The Labute approximate surface area is 165 Å². The molecule has 0 atom stereocenters. The molecule has 3 rings (SSSR count). The maximum absolute atomic E-state index is 12.7. The zero-order chi connectivity index (χ0) is 19.6. The van der Waals surface area contributed by atoms with Crippen molar-refractivity contribution in [2.45, 2.75) is 6.92 Å². The van der Waals surface area contributed by atoms with Crippen molar-refractivity contribution in [2.24, 2.45) is 0 Å². The SMILES string of the molecule is CCOCCOc1ccccc1C(=O)Nc1ccc(Nc2ccccc2)cc1. The number of nitrogens with one attached hydrogen (secondary N) is 2.